The van der Waals surface area contributed by atoms with Crippen molar-refractivity contribution in [1.82, 2.24) is 10.6 Å². The van der Waals surface area contributed by atoms with Crippen LogP contribution >= 0.6 is 0 Å². The monoisotopic (exact) mass is 277 g/mol. The third-order valence-corrected chi connectivity index (χ3v) is 2.93. The van der Waals surface area contributed by atoms with Crippen molar-refractivity contribution in [3.8, 4) is 0 Å². The number of alkyl carbamates (subject to hydrolysis) is 1. The summed E-state index contributed by atoms with van der Waals surface area (Å²) in [6, 6.07) is 7.57. The summed E-state index contributed by atoms with van der Waals surface area (Å²) < 4.78 is 4.62. The van der Waals surface area contributed by atoms with Gasteiger partial charge in [-0.25, -0.2) is 4.79 Å². The van der Waals surface area contributed by atoms with Crippen molar-refractivity contribution < 1.29 is 19.1 Å². The highest BCUT2D eigenvalue weighted by Crippen LogP contribution is 2.04. The first kappa shape index (κ1) is 13.9. The van der Waals surface area contributed by atoms with Crippen LogP contribution in [0, 0.1) is 0 Å². The maximum absolute atomic E-state index is 11.9. The zero-order valence-corrected chi connectivity index (χ0v) is 10.7. The Hall–Kier alpha value is -2.57. The van der Waals surface area contributed by atoms with Gasteiger partial charge in [0.15, 0.2) is 0 Å². The van der Waals surface area contributed by atoms with Gasteiger partial charge in [-0.05, 0) is 5.56 Å². The second kappa shape index (κ2) is 6.05. The molecule has 0 aliphatic carbocycles. The molecule has 0 radical (unpaired) electrons. The van der Waals surface area contributed by atoms with Gasteiger partial charge >= 0.3 is 6.09 Å². The molecule has 106 valence electrons. The fraction of sp³-hybridized carbons (Fsp3) is 0.308. The first-order chi connectivity index (χ1) is 9.56. The SMILES string of the molecule is NC(=O)[C@H](Cc1ccccc1)NC(=O)[C@@H]1COC(=O)N1. The number of nitrogens with one attached hydrogen (secondary N) is 2. The fourth-order valence-corrected chi connectivity index (χ4v) is 1.87. The molecule has 1 aromatic carbocycles. The molecule has 20 heavy (non-hydrogen) atoms. The molecule has 0 spiro atoms. The van der Waals surface area contributed by atoms with Crippen molar-refractivity contribution in [2.45, 2.75) is 18.5 Å². The normalized spacial score (nSPS) is 18.8. The molecule has 2 atom stereocenters. The van der Waals surface area contributed by atoms with Gasteiger partial charge in [-0.15, -0.1) is 0 Å². The summed E-state index contributed by atoms with van der Waals surface area (Å²) in [5.41, 5.74) is 6.16. The summed E-state index contributed by atoms with van der Waals surface area (Å²) in [6.45, 7) is -0.0541. The summed E-state index contributed by atoms with van der Waals surface area (Å²) in [4.78, 5) is 34.2. The van der Waals surface area contributed by atoms with Gasteiger partial charge in [0.25, 0.3) is 0 Å². The molecule has 0 saturated carbocycles. The molecule has 2 rings (SSSR count). The number of nitrogens with two attached hydrogens (primary N) is 1. The van der Waals surface area contributed by atoms with Crippen molar-refractivity contribution >= 4 is 17.9 Å². The van der Waals surface area contributed by atoms with E-state index in [1.54, 1.807) is 0 Å². The van der Waals surface area contributed by atoms with E-state index in [1.807, 2.05) is 30.3 Å². The lowest BCUT2D eigenvalue weighted by molar-refractivity contribution is -0.128. The Morgan fingerprint density at radius 3 is 2.65 bits per heavy atom. The number of rotatable bonds is 5. The zero-order valence-electron chi connectivity index (χ0n) is 10.7. The third-order valence-electron chi connectivity index (χ3n) is 2.93. The molecule has 0 unspecified atom stereocenters. The van der Waals surface area contributed by atoms with E-state index < -0.39 is 30.0 Å². The van der Waals surface area contributed by atoms with Gasteiger partial charge in [0.2, 0.25) is 11.8 Å². The molecule has 1 aliphatic rings. The van der Waals surface area contributed by atoms with E-state index in [0.717, 1.165) is 5.56 Å². The lowest BCUT2D eigenvalue weighted by atomic mass is 10.1. The van der Waals surface area contributed by atoms with Crippen molar-refractivity contribution in [2.75, 3.05) is 6.61 Å². The summed E-state index contributed by atoms with van der Waals surface area (Å²) in [5.74, 6) is -1.12. The second-order valence-electron chi connectivity index (χ2n) is 4.45. The van der Waals surface area contributed by atoms with Crippen molar-refractivity contribution in [2.24, 2.45) is 5.73 Å². The smallest absolute Gasteiger partial charge is 0.407 e. The average molecular weight is 277 g/mol. The topological polar surface area (TPSA) is 111 Å². The molecular formula is C13H15N3O4. The molecule has 1 aliphatic heterocycles. The van der Waals surface area contributed by atoms with Gasteiger partial charge in [-0.1, -0.05) is 30.3 Å². The highest BCUT2D eigenvalue weighted by Gasteiger charge is 2.31. The highest BCUT2D eigenvalue weighted by atomic mass is 16.6. The molecule has 3 amide bonds. The summed E-state index contributed by atoms with van der Waals surface area (Å²) in [6.07, 6.45) is -0.354. The number of amides is 3. The van der Waals surface area contributed by atoms with E-state index in [9.17, 15) is 14.4 Å². The van der Waals surface area contributed by atoms with E-state index in [1.165, 1.54) is 0 Å². The van der Waals surface area contributed by atoms with Crippen LogP contribution in [0.5, 0.6) is 0 Å². The maximum atomic E-state index is 11.9. The molecule has 4 N–H and O–H groups in total. The van der Waals surface area contributed by atoms with Gasteiger partial charge in [-0.2, -0.15) is 0 Å². The van der Waals surface area contributed by atoms with E-state index in [4.69, 9.17) is 5.73 Å². The fourth-order valence-electron chi connectivity index (χ4n) is 1.87. The summed E-state index contributed by atoms with van der Waals surface area (Å²) in [5, 5.41) is 4.86. The molecule has 1 saturated heterocycles. The molecule has 0 bridgehead atoms. The van der Waals surface area contributed by atoms with E-state index >= 15 is 0 Å². The largest absolute Gasteiger partial charge is 0.447 e. The Morgan fingerprint density at radius 1 is 1.40 bits per heavy atom. The Labute approximate surface area is 115 Å². The predicted molar refractivity (Wildman–Crippen MR) is 69.5 cm³/mol. The van der Waals surface area contributed by atoms with Crippen molar-refractivity contribution in [3.63, 3.8) is 0 Å². The van der Waals surface area contributed by atoms with Crippen LogP contribution in [0.1, 0.15) is 5.56 Å². The first-order valence-corrected chi connectivity index (χ1v) is 6.13. The van der Waals surface area contributed by atoms with Gasteiger partial charge < -0.3 is 21.1 Å². The van der Waals surface area contributed by atoms with Crippen LogP contribution in [0.2, 0.25) is 0 Å². The van der Waals surface area contributed by atoms with Gasteiger partial charge in [-0.3, -0.25) is 9.59 Å². The Morgan fingerprint density at radius 2 is 2.10 bits per heavy atom. The number of cyclic esters (lactones) is 1. The van der Waals surface area contributed by atoms with Crippen LogP contribution in [0.15, 0.2) is 30.3 Å². The van der Waals surface area contributed by atoms with Crippen LogP contribution in [0.4, 0.5) is 4.79 Å². The van der Waals surface area contributed by atoms with Gasteiger partial charge in [0.1, 0.15) is 18.7 Å². The van der Waals surface area contributed by atoms with Crippen molar-refractivity contribution in [3.05, 3.63) is 35.9 Å². The molecule has 7 nitrogen and oxygen atoms in total. The van der Waals surface area contributed by atoms with E-state index in [0.29, 0.717) is 6.42 Å². The minimum Gasteiger partial charge on any atom is -0.447 e. The molecular weight excluding hydrogens is 262 g/mol. The van der Waals surface area contributed by atoms with Gasteiger partial charge in [0, 0.05) is 6.42 Å². The molecule has 1 aromatic rings. The average Bonchev–Trinajstić information content (AvgIpc) is 2.86. The summed E-state index contributed by atoms with van der Waals surface area (Å²) in [7, 11) is 0. The molecule has 0 aromatic heterocycles. The lowest BCUT2D eigenvalue weighted by Gasteiger charge is -2.17. The number of hydrogen-bond donors (Lipinski definition) is 3. The predicted octanol–water partition coefficient (Wildman–Crippen LogP) is -0.692. The van der Waals surface area contributed by atoms with Crippen LogP contribution in [0.3, 0.4) is 0 Å². The van der Waals surface area contributed by atoms with Crippen molar-refractivity contribution in [1.29, 1.82) is 0 Å². The zero-order chi connectivity index (χ0) is 14.5. The van der Waals surface area contributed by atoms with Crippen LogP contribution in [-0.4, -0.2) is 36.6 Å². The molecule has 1 fully saturated rings. The molecule has 1 heterocycles. The quantitative estimate of drug-likeness (QED) is 0.661. The summed E-state index contributed by atoms with van der Waals surface area (Å²) >= 11 is 0. The van der Waals surface area contributed by atoms with Crippen LogP contribution in [0.25, 0.3) is 0 Å². The minimum absolute atomic E-state index is 0.0541. The minimum atomic E-state index is -0.831. The highest BCUT2D eigenvalue weighted by molar-refractivity contribution is 5.92. The number of benzene rings is 1. The maximum Gasteiger partial charge on any atom is 0.407 e. The van der Waals surface area contributed by atoms with E-state index in [-0.39, 0.29) is 6.61 Å². The van der Waals surface area contributed by atoms with Crippen LogP contribution < -0.4 is 16.4 Å². The first-order valence-electron chi connectivity index (χ1n) is 6.13. The van der Waals surface area contributed by atoms with E-state index in [2.05, 4.69) is 15.4 Å². The molecule has 7 heteroatoms. The second-order valence-corrected chi connectivity index (χ2v) is 4.45. The number of hydrogen-bond acceptors (Lipinski definition) is 4. The Bertz CT molecular complexity index is 518. The number of carbonyl (C=O) groups excluding carboxylic acids is 3. The van der Waals surface area contributed by atoms with Crippen LogP contribution in [-0.2, 0) is 20.7 Å². The standard InChI is InChI=1S/C13H15N3O4/c14-11(17)9(6-8-4-2-1-3-5-8)15-12(18)10-7-20-13(19)16-10/h1-5,9-10H,6-7H2,(H2,14,17)(H,15,18)(H,16,19)/t9-,10-/m0/s1. The third kappa shape index (κ3) is 3.47. The number of ether oxygens (including phenoxy) is 1. The Kier molecular flexibility index (Phi) is 4.19. The van der Waals surface area contributed by atoms with Gasteiger partial charge in [0.05, 0.1) is 0 Å². The lowest BCUT2D eigenvalue weighted by Crippen LogP contribution is -2.52. The number of primary amides is 1. The number of carbonyl (C=O) groups is 3. The Balaban J connectivity index is 1.97.